The van der Waals surface area contributed by atoms with E-state index in [1.807, 2.05) is 65.5 Å². The van der Waals surface area contributed by atoms with Crippen molar-refractivity contribution in [3.05, 3.63) is 0 Å². The maximum Gasteiger partial charge on any atom is 0.426 e. The Bertz CT molecular complexity index is 600. The van der Waals surface area contributed by atoms with Crippen LogP contribution in [0.25, 0.3) is 0 Å². The number of hydrazine groups is 1. The van der Waals surface area contributed by atoms with E-state index in [1.54, 1.807) is 14.2 Å². The minimum absolute atomic E-state index is 0.315. The molecule has 2 rings (SSSR count). The van der Waals surface area contributed by atoms with Gasteiger partial charge in [-0.1, -0.05) is 0 Å². The topological polar surface area (TPSA) is 102 Å². The van der Waals surface area contributed by atoms with Gasteiger partial charge in [0.15, 0.2) is 0 Å². The molecule has 2 saturated heterocycles. The van der Waals surface area contributed by atoms with Gasteiger partial charge in [-0.15, -0.1) is 0 Å². The second-order valence-electron chi connectivity index (χ2n) is 11.3. The molecule has 186 valence electrons. The third kappa shape index (κ3) is 6.03. The summed E-state index contributed by atoms with van der Waals surface area (Å²) in [5.41, 5.74) is 3.33. The molecule has 2 aliphatic heterocycles. The maximum absolute atomic E-state index is 12.3. The van der Waals surface area contributed by atoms with Crippen LogP contribution in [0.5, 0.6) is 0 Å². The van der Waals surface area contributed by atoms with Crippen LogP contribution in [0, 0.1) is 0 Å². The van der Waals surface area contributed by atoms with Crippen molar-refractivity contribution in [2.45, 2.75) is 115 Å². The molecular formula is C22H42N4O6. The van der Waals surface area contributed by atoms with Gasteiger partial charge in [-0.25, -0.2) is 20.4 Å². The Morgan fingerprint density at radius 3 is 1.09 bits per heavy atom. The summed E-state index contributed by atoms with van der Waals surface area (Å²) in [6, 6.07) is 0. The van der Waals surface area contributed by atoms with Crippen molar-refractivity contribution in [3.63, 3.8) is 0 Å². The molecular weight excluding hydrogens is 416 g/mol. The third-order valence-electron chi connectivity index (χ3n) is 6.29. The van der Waals surface area contributed by atoms with Crippen molar-refractivity contribution in [2.75, 3.05) is 14.2 Å². The minimum Gasteiger partial charge on any atom is -0.445 e. The zero-order chi connectivity index (χ0) is 24.5. The lowest BCUT2D eigenvalue weighted by Gasteiger charge is -2.52. The van der Waals surface area contributed by atoms with Crippen LogP contribution >= 0.6 is 0 Å². The number of nitrogens with one attached hydrogen (secondary N) is 2. The van der Waals surface area contributed by atoms with Gasteiger partial charge in [-0.3, -0.25) is 0 Å². The van der Waals surface area contributed by atoms with Crippen LogP contribution < -0.4 is 10.9 Å². The number of hydroxylamine groups is 4. The van der Waals surface area contributed by atoms with Crippen molar-refractivity contribution in [1.82, 2.24) is 21.0 Å². The van der Waals surface area contributed by atoms with Gasteiger partial charge < -0.3 is 19.1 Å². The van der Waals surface area contributed by atoms with Gasteiger partial charge in [-0.05, 0) is 55.4 Å². The van der Waals surface area contributed by atoms with E-state index in [0.29, 0.717) is 25.7 Å². The summed E-state index contributed by atoms with van der Waals surface area (Å²) in [5.74, 6) is 0. The Morgan fingerprint density at radius 2 is 0.875 bits per heavy atom. The molecule has 0 spiro atoms. The van der Waals surface area contributed by atoms with Gasteiger partial charge in [0, 0.05) is 47.8 Å². The molecule has 10 nitrogen and oxygen atoms in total. The molecule has 2 fully saturated rings. The van der Waals surface area contributed by atoms with Crippen LogP contribution in [0.15, 0.2) is 0 Å². The standard InChI is InChI=1S/C22H42N4O6/c1-19(2)11-15(12-20(3,4)25(19)29-9)31-17(27)23-24-18(28)32-16-13-21(5,6)26(30-10)22(7,8)14-16/h15-16H,11-14H2,1-10H3,(H,23,27)(H,24,28). The molecule has 0 aromatic rings. The Balaban J connectivity index is 1.85. The molecule has 0 aromatic heterocycles. The molecule has 0 atom stereocenters. The van der Waals surface area contributed by atoms with E-state index in [1.165, 1.54) is 0 Å². The lowest BCUT2D eigenvalue weighted by Crippen LogP contribution is -2.62. The number of nitrogens with zero attached hydrogens (tertiary/aromatic N) is 2. The van der Waals surface area contributed by atoms with Gasteiger partial charge in [-0.2, -0.15) is 10.1 Å². The minimum atomic E-state index is -0.723. The molecule has 0 bridgehead atoms. The Morgan fingerprint density at radius 1 is 0.625 bits per heavy atom. The first-order valence-corrected chi connectivity index (χ1v) is 11.2. The molecule has 2 amide bonds. The van der Waals surface area contributed by atoms with Gasteiger partial charge in [0.2, 0.25) is 0 Å². The number of ether oxygens (including phenoxy) is 2. The quantitative estimate of drug-likeness (QED) is 0.617. The lowest BCUT2D eigenvalue weighted by atomic mass is 9.80. The Labute approximate surface area is 192 Å². The maximum atomic E-state index is 12.3. The number of hydrogen-bond donors (Lipinski definition) is 2. The fraction of sp³-hybridized carbons (Fsp3) is 0.909. The van der Waals surface area contributed by atoms with Crippen LogP contribution in [0.2, 0.25) is 0 Å². The van der Waals surface area contributed by atoms with Crippen molar-refractivity contribution < 1.29 is 28.7 Å². The second-order valence-corrected chi connectivity index (χ2v) is 11.3. The third-order valence-corrected chi connectivity index (χ3v) is 6.29. The van der Waals surface area contributed by atoms with Gasteiger partial charge in [0.1, 0.15) is 12.2 Å². The normalized spacial score (nSPS) is 25.7. The predicted octanol–water partition coefficient (Wildman–Crippen LogP) is 3.52. The van der Waals surface area contributed by atoms with Crippen LogP contribution in [-0.2, 0) is 19.1 Å². The molecule has 0 unspecified atom stereocenters. The summed E-state index contributed by atoms with van der Waals surface area (Å²) >= 11 is 0. The number of piperidine rings is 2. The number of amides is 2. The van der Waals surface area contributed by atoms with Crippen LogP contribution in [0.4, 0.5) is 9.59 Å². The van der Waals surface area contributed by atoms with Crippen molar-refractivity contribution in [3.8, 4) is 0 Å². The molecule has 0 saturated carbocycles. The zero-order valence-electron chi connectivity index (χ0n) is 21.3. The molecule has 0 radical (unpaired) electrons. The van der Waals surface area contributed by atoms with Crippen molar-refractivity contribution in [1.29, 1.82) is 0 Å². The number of carbonyl (C=O) groups excluding carboxylic acids is 2. The smallest absolute Gasteiger partial charge is 0.426 e. The zero-order valence-corrected chi connectivity index (χ0v) is 21.3. The summed E-state index contributed by atoms with van der Waals surface area (Å²) < 4.78 is 11.1. The summed E-state index contributed by atoms with van der Waals surface area (Å²) in [5, 5.41) is 3.87. The monoisotopic (exact) mass is 458 g/mol. The highest BCUT2D eigenvalue weighted by Gasteiger charge is 2.48. The first-order chi connectivity index (χ1) is 14.5. The van der Waals surface area contributed by atoms with Crippen molar-refractivity contribution in [2.24, 2.45) is 0 Å². The average Bonchev–Trinajstić information content (AvgIpc) is 2.56. The van der Waals surface area contributed by atoms with E-state index >= 15 is 0 Å². The Hall–Kier alpha value is -1.62. The summed E-state index contributed by atoms with van der Waals surface area (Å²) in [4.78, 5) is 35.7. The van der Waals surface area contributed by atoms with Crippen molar-refractivity contribution >= 4 is 12.2 Å². The molecule has 10 heteroatoms. The fourth-order valence-electron chi connectivity index (χ4n) is 5.96. The summed E-state index contributed by atoms with van der Waals surface area (Å²) in [7, 11) is 3.29. The fourth-order valence-corrected chi connectivity index (χ4v) is 5.96. The summed E-state index contributed by atoms with van der Waals surface area (Å²) in [6.45, 7) is 16.3. The lowest BCUT2D eigenvalue weighted by molar-refractivity contribution is -0.276. The largest absolute Gasteiger partial charge is 0.445 e. The van der Waals surface area contributed by atoms with Crippen LogP contribution in [0.1, 0.15) is 81.1 Å². The van der Waals surface area contributed by atoms with E-state index in [0.717, 1.165) is 0 Å². The first-order valence-electron chi connectivity index (χ1n) is 11.2. The highest BCUT2D eigenvalue weighted by Crippen LogP contribution is 2.40. The highest BCUT2D eigenvalue weighted by atomic mass is 16.7. The second kappa shape index (κ2) is 9.32. The van der Waals surface area contributed by atoms with E-state index < -0.39 is 12.2 Å². The van der Waals surface area contributed by atoms with Crippen LogP contribution in [-0.4, -0.2) is 70.9 Å². The number of carbonyl (C=O) groups is 2. The van der Waals surface area contributed by atoms with E-state index in [9.17, 15) is 9.59 Å². The molecule has 2 heterocycles. The Kier molecular flexibility index (Phi) is 7.76. The molecule has 2 aliphatic rings. The number of rotatable bonds is 4. The SMILES string of the molecule is CON1C(C)(C)CC(OC(=O)NNC(=O)OC2CC(C)(C)N(OC)C(C)(C)C2)CC1(C)C. The molecule has 0 aromatic carbocycles. The molecule has 0 aliphatic carbocycles. The highest BCUT2D eigenvalue weighted by molar-refractivity contribution is 5.73. The number of hydrogen-bond acceptors (Lipinski definition) is 8. The van der Waals surface area contributed by atoms with E-state index in [4.69, 9.17) is 19.1 Å². The van der Waals surface area contributed by atoms with Gasteiger partial charge >= 0.3 is 12.2 Å². The van der Waals surface area contributed by atoms with Crippen LogP contribution in [0.3, 0.4) is 0 Å². The summed E-state index contributed by atoms with van der Waals surface area (Å²) in [6.07, 6.45) is 0.329. The van der Waals surface area contributed by atoms with Gasteiger partial charge in [0.05, 0.1) is 14.2 Å². The first kappa shape index (κ1) is 26.6. The molecule has 2 N–H and O–H groups in total. The van der Waals surface area contributed by atoms with E-state index in [-0.39, 0.29) is 34.4 Å². The molecule has 32 heavy (non-hydrogen) atoms. The predicted molar refractivity (Wildman–Crippen MR) is 119 cm³/mol. The average molecular weight is 459 g/mol. The van der Waals surface area contributed by atoms with E-state index in [2.05, 4.69) is 10.9 Å². The van der Waals surface area contributed by atoms with Gasteiger partial charge in [0.25, 0.3) is 0 Å².